The lowest BCUT2D eigenvalue weighted by atomic mass is 10.1. The molecule has 0 amide bonds. The summed E-state index contributed by atoms with van der Waals surface area (Å²) in [6, 6.07) is 13.6. The van der Waals surface area contributed by atoms with Crippen LogP contribution in [0.25, 0.3) is 16.6 Å². The van der Waals surface area contributed by atoms with Gasteiger partial charge >= 0.3 is 11.7 Å². The number of fused-ring (bicyclic) bond motifs is 1. The lowest BCUT2D eigenvalue weighted by molar-refractivity contribution is 0.0697. The Bertz CT molecular complexity index is 1490. The highest BCUT2D eigenvalue weighted by Crippen LogP contribution is 2.23. The van der Waals surface area contributed by atoms with Crippen molar-refractivity contribution in [2.45, 2.75) is 20.8 Å². The summed E-state index contributed by atoms with van der Waals surface area (Å²) in [5, 5.41) is 13.7. The van der Waals surface area contributed by atoms with Crippen LogP contribution in [-0.4, -0.2) is 31.5 Å². The standard InChI is InChI=1S/C23H20N4O4/c1-13-10-16(22(29)30)8-9-20(13)26-14(2)11-17(15(26)3)12-24-27-21(28)18-6-4-5-7-19(18)25-23(27)31/h4-12H,1-3H3,(H,25,31)(H,29,30). The highest BCUT2D eigenvalue weighted by Gasteiger charge is 2.14. The molecule has 0 unspecified atom stereocenters. The van der Waals surface area contributed by atoms with Crippen molar-refractivity contribution in [2.24, 2.45) is 5.10 Å². The number of aromatic nitrogens is 3. The Labute approximate surface area is 176 Å². The van der Waals surface area contributed by atoms with Gasteiger partial charge in [-0.2, -0.15) is 5.10 Å². The molecule has 2 aromatic heterocycles. The van der Waals surface area contributed by atoms with Crippen molar-refractivity contribution in [3.05, 3.63) is 97.4 Å². The van der Waals surface area contributed by atoms with Crippen LogP contribution in [0.1, 0.15) is 32.9 Å². The Morgan fingerprint density at radius 1 is 1.06 bits per heavy atom. The number of nitrogens with zero attached hydrogens (tertiary/aromatic N) is 3. The first kappa shape index (κ1) is 20.1. The summed E-state index contributed by atoms with van der Waals surface area (Å²) in [5.41, 5.74) is 3.72. The second-order valence-corrected chi connectivity index (χ2v) is 7.31. The first-order valence-electron chi connectivity index (χ1n) is 9.59. The van der Waals surface area contributed by atoms with Gasteiger partial charge in [0.05, 0.1) is 22.7 Å². The number of carbonyl (C=O) groups is 1. The van der Waals surface area contributed by atoms with E-state index < -0.39 is 17.2 Å². The predicted molar refractivity (Wildman–Crippen MR) is 119 cm³/mol. The van der Waals surface area contributed by atoms with Gasteiger partial charge in [0.2, 0.25) is 0 Å². The maximum atomic E-state index is 12.7. The average Bonchev–Trinajstić information content (AvgIpc) is 3.01. The summed E-state index contributed by atoms with van der Waals surface area (Å²) in [6.45, 7) is 5.67. The van der Waals surface area contributed by atoms with E-state index >= 15 is 0 Å². The molecule has 4 rings (SSSR count). The van der Waals surface area contributed by atoms with E-state index in [-0.39, 0.29) is 5.56 Å². The molecule has 4 aromatic rings. The number of carboxylic acid groups (broad SMARTS) is 1. The highest BCUT2D eigenvalue weighted by molar-refractivity contribution is 5.88. The van der Waals surface area contributed by atoms with Gasteiger partial charge in [-0.1, -0.05) is 12.1 Å². The van der Waals surface area contributed by atoms with E-state index in [1.807, 2.05) is 31.4 Å². The van der Waals surface area contributed by atoms with Crippen LogP contribution in [0.5, 0.6) is 0 Å². The molecule has 0 saturated heterocycles. The maximum Gasteiger partial charge on any atom is 0.349 e. The minimum Gasteiger partial charge on any atom is -0.478 e. The third kappa shape index (κ3) is 3.48. The molecule has 0 saturated carbocycles. The summed E-state index contributed by atoms with van der Waals surface area (Å²) in [6.07, 6.45) is 1.48. The second kappa shape index (κ2) is 7.56. The van der Waals surface area contributed by atoms with Crippen LogP contribution >= 0.6 is 0 Å². The minimum atomic E-state index is -0.977. The van der Waals surface area contributed by atoms with Gasteiger partial charge in [0.25, 0.3) is 5.56 Å². The van der Waals surface area contributed by atoms with Gasteiger partial charge in [-0.05, 0) is 62.7 Å². The molecule has 0 radical (unpaired) electrons. The molecule has 2 aromatic carbocycles. The maximum absolute atomic E-state index is 12.7. The number of aromatic carboxylic acids is 1. The summed E-state index contributed by atoms with van der Waals surface area (Å²) in [4.78, 5) is 38.9. The highest BCUT2D eigenvalue weighted by atomic mass is 16.4. The number of aromatic amines is 1. The monoisotopic (exact) mass is 416 g/mol. The van der Waals surface area contributed by atoms with Crippen LogP contribution in [0.2, 0.25) is 0 Å². The molecule has 2 heterocycles. The molecular formula is C23H20N4O4. The zero-order valence-electron chi connectivity index (χ0n) is 17.2. The molecule has 31 heavy (non-hydrogen) atoms. The lowest BCUT2D eigenvalue weighted by Crippen LogP contribution is -2.32. The van der Waals surface area contributed by atoms with Crippen molar-refractivity contribution < 1.29 is 9.90 Å². The van der Waals surface area contributed by atoms with Crippen molar-refractivity contribution in [3.8, 4) is 5.69 Å². The fourth-order valence-corrected chi connectivity index (χ4v) is 3.71. The van der Waals surface area contributed by atoms with Crippen molar-refractivity contribution >= 4 is 23.1 Å². The van der Waals surface area contributed by atoms with Gasteiger partial charge in [0.15, 0.2) is 0 Å². The van der Waals surface area contributed by atoms with Crippen molar-refractivity contribution in [1.82, 2.24) is 14.2 Å². The Balaban J connectivity index is 1.78. The predicted octanol–water partition coefficient (Wildman–Crippen LogP) is 2.99. The molecule has 0 atom stereocenters. The molecule has 0 fully saturated rings. The number of aryl methyl sites for hydroxylation is 2. The van der Waals surface area contributed by atoms with Crippen LogP contribution in [0.3, 0.4) is 0 Å². The van der Waals surface area contributed by atoms with Crippen LogP contribution in [-0.2, 0) is 0 Å². The normalized spacial score (nSPS) is 11.5. The topological polar surface area (TPSA) is 109 Å². The van der Waals surface area contributed by atoms with E-state index in [2.05, 4.69) is 10.1 Å². The van der Waals surface area contributed by atoms with E-state index in [0.29, 0.717) is 10.9 Å². The molecule has 156 valence electrons. The van der Waals surface area contributed by atoms with Crippen LogP contribution < -0.4 is 11.2 Å². The van der Waals surface area contributed by atoms with Crippen molar-refractivity contribution in [2.75, 3.05) is 0 Å². The quantitative estimate of drug-likeness (QED) is 0.498. The van der Waals surface area contributed by atoms with Crippen molar-refractivity contribution in [3.63, 3.8) is 0 Å². The Morgan fingerprint density at radius 3 is 2.52 bits per heavy atom. The zero-order valence-corrected chi connectivity index (χ0v) is 17.2. The number of hydrogen-bond donors (Lipinski definition) is 2. The summed E-state index contributed by atoms with van der Waals surface area (Å²) in [7, 11) is 0. The van der Waals surface area contributed by atoms with E-state index in [1.165, 1.54) is 6.21 Å². The molecule has 0 spiro atoms. The fraction of sp³-hybridized carbons (Fsp3) is 0.130. The molecule has 2 N–H and O–H groups in total. The largest absolute Gasteiger partial charge is 0.478 e. The van der Waals surface area contributed by atoms with Crippen LogP contribution in [0, 0.1) is 20.8 Å². The first-order valence-corrected chi connectivity index (χ1v) is 9.59. The smallest absolute Gasteiger partial charge is 0.349 e. The molecular weight excluding hydrogens is 396 g/mol. The third-order valence-corrected chi connectivity index (χ3v) is 5.25. The first-order chi connectivity index (χ1) is 14.8. The number of H-pyrrole nitrogens is 1. The van der Waals surface area contributed by atoms with E-state index in [1.54, 1.807) is 42.5 Å². The fourth-order valence-electron chi connectivity index (χ4n) is 3.71. The van der Waals surface area contributed by atoms with Gasteiger partial charge < -0.3 is 14.7 Å². The molecule has 0 aliphatic carbocycles. The Hall–Kier alpha value is -4.20. The third-order valence-electron chi connectivity index (χ3n) is 5.25. The van der Waals surface area contributed by atoms with Crippen LogP contribution in [0.15, 0.2) is 63.2 Å². The molecule has 0 aliphatic rings. The van der Waals surface area contributed by atoms with E-state index in [4.69, 9.17) is 0 Å². The van der Waals surface area contributed by atoms with E-state index in [9.17, 15) is 19.5 Å². The number of carboxylic acids is 1. The van der Waals surface area contributed by atoms with Gasteiger partial charge in [-0.25, -0.2) is 9.59 Å². The van der Waals surface area contributed by atoms with E-state index in [0.717, 1.165) is 32.9 Å². The zero-order chi connectivity index (χ0) is 22.3. The second-order valence-electron chi connectivity index (χ2n) is 7.31. The molecule has 0 bridgehead atoms. The SMILES string of the molecule is Cc1cc(C(=O)O)ccc1-n1c(C)cc(C=Nn2c(=O)[nH]c3ccccc3c2=O)c1C. The minimum absolute atomic E-state index is 0.223. The summed E-state index contributed by atoms with van der Waals surface area (Å²) >= 11 is 0. The van der Waals surface area contributed by atoms with Gasteiger partial charge in [-0.15, -0.1) is 4.68 Å². The number of hydrogen-bond acceptors (Lipinski definition) is 4. The number of para-hydroxylation sites is 1. The number of benzene rings is 2. The Kier molecular flexibility index (Phi) is 4.90. The molecule has 8 nitrogen and oxygen atoms in total. The summed E-state index contributed by atoms with van der Waals surface area (Å²) < 4.78 is 2.79. The van der Waals surface area contributed by atoms with Gasteiger partial charge in [-0.3, -0.25) is 4.79 Å². The number of rotatable bonds is 4. The van der Waals surface area contributed by atoms with Crippen molar-refractivity contribution in [1.29, 1.82) is 0 Å². The number of nitrogens with one attached hydrogen (secondary N) is 1. The average molecular weight is 416 g/mol. The molecule has 0 aliphatic heterocycles. The Morgan fingerprint density at radius 2 is 1.81 bits per heavy atom. The van der Waals surface area contributed by atoms with Gasteiger partial charge in [0, 0.05) is 22.6 Å². The van der Waals surface area contributed by atoms with Crippen LogP contribution in [0.4, 0.5) is 0 Å². The van der Waals surface area contributed by atoms with Gasteiger partial charge in [0.1, 0.15) is 0 Å². The lowest BCUT2D eigenvalue weighted by Gasteiger charge is -2.13. The summed E-state index contributed by atoms with van der Waals surface area (Å²) in [5.74, 6) is -0.977. The molecule has 8 heteroatoms.